The van der Waals surface area contributed by atoms with Gasteiger partial charge in [0.2, 0.25) is 0 Å². The Kier molecular flexibility index (Phi) is 2.72. The van der Waals surface area contributed by atoms with Crippen molar-refractivity contribution < 1.29 is 0 Å². The molecule has 1 nitrogen and oxygen atoms in total. The Hall–Kier alpha value is -0.0400. The van der Waals surface area contributed by atoms with Gasteiger partial charge in [-0.05, 0) is 31.1 Å². The number of hydrogen-bond donors (Lipinski definition) is 1. The summed E-state index contributed by atoms with van der Waals surface area (Å²) in [5.41, 5.74) is 5.96. The second-order valence-electron chi connectivity index (χ2n) is 3.75. The van der Waals surface area contributed by atoms with Crippen LogP contribution in [0.5, 0.6) is 0 Å². The van der Waals surface area contributed by atoms with E-state index < -0.39 is 0 Å². The highest BCUT2D eigenvalue weighted by atomic mass is 14.7. The average molecular weight is 141 g/mol. The monoisotopic (exact) mass is 141 g/mol. The first kappa shape index (κ1) is 8.06. The third-order valence-electron chi connectivity index (χ3n) is 2.60. The zero-order chi connectivity index (χ0) is 7.56. The Balaban J connectivity index is 2.10. The molecule has 0 aromatic heterocycles. The Morgan fingerprint density at radius 2 is 2.10 bits per heavy atom. The van der Waals surface area contributed by atoms with E-state index >= 15 is 0 Å². The average Bonchev–Trinajstić information content (AvgIpc) is 2.68. The second kappa shape index (κ2) is 3.38. The largest absolute Gasteiger partial charge is 0.327 e. The highest BCUT2D eigenvalue weighted by Crippen LogP contribution is 2.34. The van der Waals surface area contributed by atoms with Crippen molar-refractivity contribution in [1.82, 2.24) is 0 Å². The minimum absolute atomic E-state index is 0.509. The fraction of sp³-hybridized carbons (Fsp3) is 1.00. The van der Waals surface area contributed by atoms with E-state index in [2.05, 4.69) is 13.8 Å². The van der Waals surface area contributed by atoms with E-state index in [1.54, 1.807) is 0 Å². The van der Waals surface area contributed by atoms with Gasteiger partial charge in [-0.1, -0.05) is 20.3 Å². The van der Waals surface area contributed by atoms with Crippen molar-refractivity contribution in [3.05, 3.63) is 0 Å². The molecule has 2 atom stereocenters. The third-order valence-corrected chi connectivity index (χ3v) is 2.60. The van der Waals surface area contributed by atoms with Crippen LogP contribution in [0, 0.1) is 11.8 Å². The summed E-state index contributed by atoms with van der Waals surface area (Å²) in [5, 5.41) is 0. The van der Waals surface area contributed by atoms with Gasteiger partial charge in [-0.2, -0.15) is 0 Å². The first-order chi connectivity index (χ1) is 4.74. The van der Waals surface area contributed by atoms with Gasteiger partial charge in [0.05, 0.1) is 0 Å². The standard InChI is InChI=1S/C9H19N/c1-3-7(2)6-9(10)8-4-5-8/h7-9H,3-6,10H2,1-2H3. The summed E-state index contributed by atoms with van der Waals surface area (Å²) in [6, 6.07) is 0.509. The van der Waals surface area contributed by atoms with Crippen molar-refractivity contribution in [2.45, 2.75) is 45.6 Å². The van der Waals surface area contributed by atoms with E-state index in [9.17, 15) is 0 Å². The third kappa shape index (κ3) is 2.30. The highest BCUT2D eigenvalue weighted by molar-refractivity contribution is 4.84. The molecule has 0 radical (unpaired) electrons. The lowest BCUT2D eigenvalue weighted by molar-refractivity contribution is 0.425. The molecule has 1 heteroatoms. The van der Waals surface area contributed by atoms with Gasteiger partial charge >= 0.3 is 0 Å². The molecule has 0 spiro atoms. The molecule has 0 aromatic carbocycles. The fourth-order valence-electron chi connectivity index (χ4n) is 1.35. The molecule has 2 N–H and O–H groups in total. The molecule has 1 aliphatic carbocycles. The Morgan fingerprint density at radius 1 is 1.50 bits per heavy atom. The van der Waals surface area contributed by atoms with Gasteiger partial charge in [-0.3, -0.25) is 0 Å². The van der Waals surface area contributed by atoms with E-state index in [0.29, 0.717) is 6.04 Å². The van der Waals surface area contributed by atoms with Gasteiger partial charge in [-0.15, -0.1) is 0 Å². The van der Waals surface area contributed by atoms with Crippen molar-refractivity contribution >= 4 is 0 Å². The van der Waals surface area contributed by atoms with E-state index in [1.807, 2.05) is 0 Å². The van der Waals surface area contributed by atoms with E-state index in [0.717, 1.165) is 11.8 Å². The van der Waals surface area contributed by atoms with Crippen molar-refractivity contribution in [2.24, 2.45) is 17.6 Å². The zero-order valence-electron chi connectivity index (χ0n) is 7.14. The molecule has 1 fully saturated rings. The maximum Gasteiger partial charge on any atom is 0.00696 e. The molecular weight excluding hydrogens is 122 g/mol. The van der Waals surface area contributed by atoms with Crippen LogP contribution in [0.4, 0.5) is 0 Å². The van der Waals surface area contributed by atoms with Crippen molar-refractivity contribution in [3.8, 4) is 0 Å². The Labute approximate surface area is 64.0 Å². The normalized spacial score (nSPS) is 24.3. The Bertz CT molecular complexity index is 96.9. The fourth-order valence-corrected chi connectivity index (χ4v) is 1.35. The predicted molar refractivity (Wildman–Crippen MR) is 44.8 cm³/mol. The van der Waals surface area contributed by atoms with Crippen LogP contribution in [-0.4, -0.2) is 6.04 Å². The van der Waals surface area contributed by atoms with Crippen LogP contribution < -0.4 is 5.73 Å². The smallest absolute Gasteiger partial charge is 0.00696 e. The molecule has 2 unspecified atom stereocenters. The van der Waals surface area contributed by atoms with Crippen LogP contribution in [-0.2, 0) is 0 Å². The van der Waals surface area contributed by atoms with Crippen LogP contribution >= 0.6 is 0 Å². The second-order valence-corrected chi connectivity index (χ2v) is 3.75. The van der Waals surface area contributed by atoms with Gasteiger partial charge < -0.3 is 5.73 Å². The van der Waals surface area contributed by atoms with Crippen molar-refractivity contribution in [3.63, 3.8) is 0 Å². The minimum atomic E-state index is 0.509. The molecule has 0 bridgehead atoms. The Morgan fingerprint density at radius 3 is 2.50 bits per heavy atom. The van der Waals surface area contributed by atoms with Crippen LogP contribution in [0.1, 0.15) is 39.5 Å². The summed E-state index contributed by atoms with van der Waals surface area (Å²) in [7, 11) is 0. The quantitative estimate of drug-likeness (QED) is 0.638. The summed E-state index contributed by atoms with van der Waals surface area (Å²) in [4.78, 5) is 0. The maximum atomic E-state index is 5.96. The molecule has 60 valence electrons. The molecular formula is C9H19N. The number of rotatable bonds is 4. The minimum Gasteiger partial charge on any atom is -0.327 e. The first-order valence-electron chi connectivity index (χ1n) is 4.49. The molecule has 10 heavy (non-hydrogen) atoms. The molecule has 0 aliphatic heterocycles. The van der Waals surface area contributed by atoms with Gasteiger partial charge in [0.15, 0.2) is 0 Å². The van der Waals surface area contributed by atoms with Crippen LogP contribution in [0.3, 0.4) is 0 Å². The molecule has 0 saturated heterocycles. The summed E-state index contributed by atoms with van der Waals surface area (Å²) >= 11 is 0. The lowest BCUT2D eigenvalue weighted by Crippen LogP contribution is -2.24. The van der Waals surface area contributed by atoms with E-state index in [1.165, 1.54) is 25.7 Å². The van der Waals surface area contributed by atoms with E-state index in [-0.39, 0.29) is 0 Å². The SMILES string of the molecule is CCC(C)CC(N)C1CC1. The van der Waals surface area contributed by atoms with Crippen LogP contribution in [0.25, 0.3) is 0 Å². The van der Waals surface area contributed by atoms with Crippen LogP contribution in [0.15, 0.2) is 0 Å². The molecule has 1 rings (SSSR count). The molecule has 1 saturated carbocycles. The lowest BCUT2D eigenvalue weighted by Gasteiger charge is -2.14. The van der Waals surface area contributed by atoms with Gasteiger partial charge in [0.25, 0.3) is 0 Å². The van der Waals surface area contributed by atoms with Gasteiger partial charge in [-0.25, -0.2) is 0 Å². The zero-order valence-corrected chi connectivity index (χ0v) is 7.14. The molecule has 0 amide bonds. The maximum absolute atomic E-state index is 5.96. The topological polar surface area (TPSA) is 26.0 Å². The summed E-state index contributed by atoms with van der Waals surface area (Å²) in [6.07, 6.45) is 5.29. The molecule has 1 aliphatic rings. The number of hydrogen-bond acceptors (Lipinski definition) is 1. The first-order valence-corrected chi connectivity index (χ1v) is 4.49. The number of nitrogens with two attached hydrogens (primary N) is 1. The van der Waals surface area contributed by atoms with Gasteiger partial charge in [0, 0.05) is 6.04 Å². The molecule has 0 heterocycles. The summed E-state index contributed by atoms with van der Waals surface area (Å²) in [6.45, 7) is 4.53. The van der Waals surface area contributed by atoms with Gasteiger partial charge in [0.1, 0.15) is 0 Å². The van der Waals surface area contributed by atoms with Crippen molar-refractivity contribution in [1.29, 1.82) is 0 Å². The van der Waals surface area contributed by atoms with Crippen LogP contribution in [0.2, 0.25) is 0 Å². The van der Waals surface area contributed by atoms with Crippen molar-refractivity contribution in [2.75, 3.05) is 0 Å². The lowest BCUT2D eigenvalue weighted by atomic mass is 9.97. The molecule has 0 aromatic rings. The summed E-state index contributed by atoms with van der Waals surface area (Å²) in [5.74, 6) is 1.71. The predicted octanol–water partition coefficient (Wildman–Crippen LogP) is 2.16. The van der Waals surface area contributed by atoms with E-state index in [4.69, 9.17) is 5.73 Å². The highest BCUT2D eigenvalue weighted by Gasteiger charge is 2.28. The summed E-state index contributed by atoms with van der Waals surface area (Å²) < 4.78 is 0.